The first kappa shape index (κ1) is 11.5. The molecule has 0 saturated heterocycles. The van der Waals surface area contributed by atoms with Crippen LogP contribution in [0, 0.1) is 6.92 Å². The summed E-state index contributed by atoms with van der Waals surface area (Å²) in [6.45, 7) is 1.88. The number of anilines is 2. The number of halogens is 1. The molecular weight excluding hydrogens is 240 g/mol. The Morgan fingerprint density at radius 2 is 2.24 bits per heavy atom. The maximum atomic E-state index is 11.8. The molecule has 5 nitrogen and oxygen atoms in total. The Labute approximate surface area is 103 Å². The fraction of sp³-hybridized carbons (Fsp3) is 0.0909. The summed E-state index contributed by atoms with van der Waals surface area (Å²) < 4.78 is 0. The third-order valence-corrected chi connectivity index (χ3v) is 2.53. The number of nitrogens with one attached hydrogen (secondary N) is 2. The molecule has 0 unspecified atom stereocenters. The highest BCUT2D eigenvalue weighted by Gasteiger charge is 2.10. The summed E-state index contributed by atoms with van der Waals surface area (Å²) in [5.74, 6) is -0.0301. The van der Waals surface area contributed by atoms with Crippen LogP contribution in [0.5, 0.6) is 0 Å². The van der Waals surface area contributed by atoms with E-state index in [0.29, 0.717) is 16.4 Å². The zero-order valence-corrected chi connectivity index (χ0v) is 9.88. The standard InChI is InChI=1S/C11H11ClN4O/c1-6-2-3-7(12)4-8(6)14-11(17)9-5-10(13)16-15-9/h2-5H,1H3,(H,14,17)(H3,13,15,16). The maximum Gasteiger partial charge on any atom is 0.273 e. The Morgan fingerprint density at radius 3 is 2.88 bits per heavy atom. The summed E-state index contributed by atoms with van der Waals surface area (Å²) in [5, 5.41) is 9.52. The molecule has 2 rings (SSSR count). The molecule has 1 amide bonds. The molecule has 0 spiro atoms. The predicted octanol–water partition coefficient (Wildman–Crippen LogP) is 2.21. The molecule has 0 aliphatic carbocycles. The van der Waals surface area contributed by atoms with Gasteiger partial charge in [0.15, 0.2) is 0 Å². The average molecular weight is 251 g/mol. The summed E-state index contributed by atoms with van der Waals surface area (Å²) in [6, 6.07) is 6.75. The maximum absolute atomic E-state index is 11.8. The van der Waals surface area contributed by atoms with Crippen molar-refractivity contribution in [2.75, 3.05) is 11.1 Å². The van der Waals surface area contributed by atoms with Crippen molar-refractivity contribution in [3.63, 3.8) is 0 Å². The molecular formula is C11H11ClN4O. The number of amides is 1. The number of aromatic nitrogens is 2. The van der Waals surface area contributed by atoms with Crippen molar-refractivity contribution in [3.05, 3.63) is 40.5 Å². The lowest BCUT2D eigenvalue weighted by Gasteiger charge is -2.07. The number of nitrogens with zero attached hydrogens (tertiary/aromatic N) is 1. The molecule has 1 heterocycles. The van der Waals surface area contributed by atoms with Crippen LogP contribution in [0.4, 0.5) is 11.5 Å². The number of benzene rings is 1. The predicted molar refractivity (Wildman–Crippen MR) is 67.1 cm³/mol. The number of nitrogens with two attached hydrogens (primary N) is 1. The highest BCUT2D eigenvalue weighted by molar-refractivity contribution is 6.31. The molecule has 1 aromatic heterocycles. The Balaban J connectivity index is 2.21. The Bertz CT molecular complexity index is 564. The zero-order valence-electron chi connectivity index (χ0n) is 9.12. The van der Waals surface area contributed by atoms with Crippen LogP contribution in [0.25, 0.3) is 0 Å². The molecule has 6 heteroatoms. The van der Waals surface area contributed by atoms with E-state index >= 15 is 0 Å². The molecule has 0 aliphatic rings. The van der Waals surface area contributed by atoms with Gasteiger partial charge in [0.2, 0.25) is 0 Å². The highest BCUT2D eigenvalue weighted by atomic mass is 35.5. The summed E-state index contributed by atoms with van der Waals surface area (Å²) in [5.41, 5.74) is 7.32. The van der Waals surface area contributed by atoms with Crippen molar-refractivity contribution in [3.8, 4) is 0 Å². The fourth-order valence-electron chi connectivity index (χ4n) is 1.37. The van der Waals surface area contributed by atoms with E-state index in [1.807, 2.05) is 13.0 Å². The van der Waals surface area contributed by atoms with Crippen molar-refractivity contribution in [2.24, 2.45) is 0 Å². The van der Waals surface area contributed by atoms with Crippen LogP contribution in [-0.4, -0.2) is 16.1 Å². The number of hydrogen-bond donors (Lipinski definition) is 3. The molecule has 4 N–H and O–H groups in total. The molecule has 1 aromatic carbocycles. The topological polar surface area (TPSA) is 83.8 Å². The van der Waals surface area contributed by atoms with Gasteiger partial charge in [0.25, 0.3) is 5.91 Å². The van der Waals surface area contributed by atoms with E-state index in [-0.39, 0.29) is 11.7 Å². The minimum atomic E-state index is -0.306. The second-order valence-electron chi connectivity index (χ2n) is 3.62. The minimum Gasteiger partial charge on any atom is -0.382 e. The van der Waals surface area contributed by atoms with Gasteiger partial charge in [-0.2, -0.15) is 5.10 Å². The number of hydrogen-bond acceptors (Lipinski definition) is 3. The van der Waals surface area contributed by atoms with E-state index < -0.39 is 0 Å². The van der Waals surface area contributed by atoms with Crippen molar-refractivity contribution in [1.82, 2.24) is 10.2 Å². The fourth-order valence-corrected chi connectivity index (χ4v) is 1.54. The molecule has 88 valence electrons. The molecule has 0 radical (unpaired) electrons. The Morgan fingerprint density at radius 1 is 1.47 bits per heavy atom. The first-order valence-corrected chi connectivity index (χ1v) is 5.32. The molecule has 0 fully saturated rings. The van der Waals surface area contributed by atoms with Gasteiger partial charge in [0.05, 0.1) is 0 Å². The van der Waals surface area contributed by atoms with Crippen LogP contribution in [0.15, 0.2) is 24.3 Å². The quantitative estimate of drug-likeness (QED) is 0.764. The van der Waals surface area contributed by atoms with Crippen LogP contribution in [-0.2, 0) is 0 Å². The smallest absolute Gasteiger partial charge is 0.273 e. The van der Waals surface area contributed by atoms with E-state index in [1.54, 1.807) is 12.1 Å². The molecule has 0 atom stereocenters. The van der Waals surface area contributed by atoms with Gasteiger partial charge in [0.1, 0.15) is 11.5 Å². The second-order valence-corrected chi connectivity index (χ2v) is 4.06. The van der Waals surface area contributed by atoms with Gasteiger partial charge in [-0.3, -0.25) is 9.89 Å². The summed E-state index contributed by atoms with van der Waals surface area (Å²) >= 11 is 5.86. The van der Waals surface area contributed by atoms with E-state index in [4.69, 9.17) is 17.3 Å². The molecule has 2 aromatic rings. The number of carbonyl (C=O) groups excluding carboxylic acids is 1. The van der Waals surface area contributed by atoms with Crippen LogP contribution < -0.4 is 11.1 Å². The number of aryl methyl sites for hydroxylation is 1. The van der Waals surface area contributed by atoms with E-state index in [9.17, 15) is 4.79 Å². The number of carbonyl (C=O) groups is 1. The van der Waals surface area contributed by atoms with E-state index in [0.717, 1.165) is 5.56 Å². The van der Waals surface area contributed by atoms with Crippen LogP contribution >= 0.6 is 11.6 Å². The monoisotopic (exact) mass is 250 g/mol. The second kappa shape index (κ2) is 4.47. The van der Waals surface area contributed by atoms with Crippen LogP contribution in [0.2, 0.25) is 5.02 Å². The van der Waals surface area contributed by atoms with Gasteiger partial charge in [-0.1, -0.05) is 17.7 Å². The summed E-state index contributed by atoms with van der Waals surface area (Å²) in [6.07, 6.45) is 0. The molecule has 0 bridgehead atoms. The van der Waals surface area contributed by atoms with Crippen molar-refractivity contribution in [2.45, 2.75) is 6.92 Å². The number of aromatic amines is 1. The number of rotatable bonds is 2. The lowest BCUT2D eigenvalue weighted by molar-refractivity contribution is 0.102. The number of nitrogen functional groups attached to an aromatic ring is 1. The number of H-pyrrole nitrogens is 1. The molecule has 0 aliphatic heterocycles. The highest BCUT2D eigenvalue weighted by Crippen LogP contribution is 2.20. The third-order valence-electron chi connectivity index (χ3n) is 2.29. The lowest BCUT2D eigenvalue weighted by Crippen LogP contribution is -2.13. The van der Waals surface area contributed by atoms with Gasteiger partial charge < -0.3 is 11.1 Å². The van der Waals surface area contributed by atoms with Crippen molar-refractivity contribution in [1.29, 1.82) is 0 Å². The van der Waals surface area contributed by atoms with Crippen molar-refractivity contribution >= 4 is 29.0 Å². The van der Waals surface area contributed by atoms with E-state index in [1.165, 1.54) is 6.07 Å². The lowest BCUT2D eigenvalue weighted by atomic mass is 10.2. The van der Waals surface area contributed by atoms with E-state index in [2.05, 4.69) is 15.5 Å². The van der Waals surface area contributed by atoms with Crippen molar-refractivity contribution < 1.29 is 4.79 Å². The Hall–Kier alpha value is -2.01. The zero-order chi connectivity index (χ0) is 12.4. The summed E-state index contributed by atoms with van der Waals surface area (Å²) in [7, 11) is 0. The Kier molecular flexibility index (Phi) is 3.01. The summed E-state index contributed by atoms with van der Waals surface area (Å²) in [4.78, 5) is 11.8. The van der Waals surface area contributed by atoms with Gasteiger partial charge in [-0.05, 0) is 24.6 Å². The van der Waals surface area contributed by atoms with Crippen LogP contribution in [0.1, 0.15) is 16.1 Å². The SMILES string of the molecule is Cc1ccc(Cl)cc1NC(=O)c1cc(N)n[nH]1. The average Bonchev–Trinajstić information content (AvgIpc) is 2.70. The third kappa shape index (κ3) is 2.57. The van der Waals surface area contributed by atoms with Gasteiger partial charge in [0, 0.05) is 16.8 Å². The van der Waals surface area contributed by atoms with Crippen LogP contribution in [0.3, 0.4) is 0 Å². The first-order chi connectivity index (χ1) is 8.06. The van der Waals surface area contributed by atoms with Gasteiger partial charge >= 0.3 is 0 Å². The first-order valence-electron chi connectivity index (χ1n) is 4.94. The molecule has 0 saturated carbocycles. The minimum absolute atomic E-state index is 0.276. The van der Waals surface area contributed by atoms with Gasteiger partial charge in [-0.25, -0.2) is 0 Å². The van der Waals surface area contributed by atoms with Gasteiger partial charge in [-0.15, -0.1) is 0 Å². The largest absolute Gasteiger partial charge is 0.382 e. The molecule has 17 heavy (non-hydrogen) atoms. The normalized spacial score (nSPS) is 10.2.